The fourth-order valence-corrected chi connectivity index (χ4v) is 6.55. The lowest BCUT2D eigenvalue weighted by atomic mass is 9.71. The van der Waals surface area contributed by atoms with Gasteiger partial charge in [-0.1, -0.05) is 29.3 Å². The molecule has 4 aliphatic rings. The fourth-order valence-electron chi connectivity index (χ4n) is 4.07. The molecular formula is C17H15Cl2NO5S. The third-order valence-corrected chi connectivity index (χ3v) is 7.87. The van der Waals surface area contributed by atoms with E-state index in [1.165, 1.54) is 12.1 Å². The minimum Gasteiger partial charge on any atom is -0.439 e. The van der Waals surface area contributed by atoms with E-state index in [0.29, 0.717) is 9.88 Å². The molecule has 26 heavy (non-hydrogen) atoms. The first-order chi connectivity index (χ1) is 12.3. The number of halogens is 2. The first kappa shape index (κ1) is 17.8. The smallest absolute Gasteiger partial charge is 0.342 e. The average Bonchev–Trinajstić information content (AvgIpc) is 2.82. The van der Waals surface area contributed by atoms with Crippen molar-refractivity contribution in [3.63, 3.8) is 0 Å². The second kappa shape index (κ2) is 6.25. The number of rotatable bonds is 3. The molecule has 5 rings (SSSR count). The van der Waals surface area contributed by atoms with Crippen LogP contribution in [0.1, 0.15) is 36.0 Å². The van der Waals surface area contributed by atoms with Gasteiger partial charge in [-0.3, -0.25) is 4.79 Å². The van der Waals surface area contributed by atoms with Crippen LogP contribution in [0, 0.1) is 11.8 Å². The Labute approximate surface area is 160 Å². The zero-order chi connectivity index (χ0) is 18.6. The Bertz CT molecular complexity index is 928. The molecule has 0 spiro atoms. The molecule has 9 heteroatoms. The second-order valence-corrected chi connectivity index (χ2v) is 9.29. The summed E-state index contributed by atoms with van der Waals surface area (Å²) < 4.78 is 31.3. The van der Waals surface area contributed by atoms with Gasteiger partial charge in [-0.15, -0.1) is 0 Å². The molecule has 1 aromatic rings. The predicted molar refractivity (Wildman–Crippen MR) is 95.0 cm³/mol. The highest BCUT2D eigenvalue weighted by molar-refractivity contribution is 7.94. The van der Waals surface area contributed by atoms with Crippen molar-refractivity contribution in [3.8, 4) is 0 Å². The molecule has 3 aliphatic carbocycles. The van der Waals surface area contributed by atoms with E-state index in [1.54, 1.807) is 6.07 Å². The van der Waals surface area contributed by atoms with E-state index in [1.807, 2.05) is 0 Å². The largest absolute Gasteiger partial charge is 0.439 e. The van der Waals surface area contributed by atoms with Crippen LogP contribution in [0.2, 0.25) is 10.0 Å². The second-order valence-electron chi connectivity index (χ2n) is 6.64. The number of hydrogen-bond acceptors (Lipinski definition) is 5. The van der Waals surface area contributed by atoms with Gasteiger partial charge in [-0.05, 0) is 49.7 Å². The monoisotopic (exact) mass is 415 g/mol. The van der Waals surface area contributed by atoms with Crippen LogP contribution >= 0.6 is 23.2 Å². The van der Waals surface area contributed by atoms with E-state index < -0.39 is 28.6 Å². The lowest BCUT2D eigenvalue weighted by molar-refractivity contribution is -0.125. The van der Waals surface area contributed by atoms with Crippen LogP contribution in [0.3, 0.4) is 0 Å². The minimum absolute atomic E-state index is 0.0176. The number of esters is 1. The number of amides is 1. The fraction of sp³-hybridized carbons (Fsp3) is 0.412. The average molecular weight is 416 g/mol. The highest BCUT2D eigenvalue weighted by Gasteiger charge is 2.53. The topological polar surface area (TPSA) is 80.8 Å². The maximum absolute atomic E-state index is 12.8. The molecule has 1 aliphatic heterocycles. The molecule has 1 saturated carbocycles. The predicted octanol–water partition coefficient (Wildman–Crippen LogP) is 3.35. The SMILES string of the molecule is O=C(OCN1C(=O)C2=C(C3CCC2CC3)S1(=O)=O)c1c(Cl)cccc1Cl. The molecule has 0 aromatic heterocycles. The Morgan fingerprint density at radius 3 is 2.27 bits per heavy atom. The van der Waals surface area contributed by atoms with Gasteiger partial charge in [0.25, 0.3) is 15.9 Å². The van der Waals surface area contributed by atoms with Crippen LogP contribution in [0.5, 0.6) is 0 Å². The molecule has 138 valence electrons. The maximum atomic E-state index is 12.8. The Morgan fingerprint density at radius 2 is 1.69 bits per heavy atom. The molecule has 0 saturated heterocycles. The first-order valence-corrected chi connectivity index (χ1v) is 10.4. The highest BCUT2D eigenvalue weighted by atomic mass is 35.5. The quantitative estimate of drug-likeness (QED) is 0.706. The standard InChI is InChI=1S/C17H15Cl2NO5S/c18-11-2-1-3-12(19)14(11)17(22)25-8-20-16(21)13-9-4-6-10(7-5-9)15(13)26(20,23)24/h1-3,9-10H,4-8H2. The summed E-state index contributed by atoms with van der Waals surface area (Å²) in [6.07, 6.45) is 3.21. The normalized spacial score (nSPS) is 26.2. The van der Waals surface area contributed by atoms with Crippen LogP contribution < -0.4 is 0 Å². The van der Waals surface area contributed by atoms with Gasteiger partial charge >= 0.3 is 5.97 Å². The summed E-state index contributed by atoms with van der Waals surface area (Å²) in [7, 11) is -3.95. The van der Waals surface area contributed by atoms with Gasteiger partial charge in [-0.2, -0.15) is 4.31 Å². The van der Waals surface area contributed by atoms with Crippen LogP contribution in [0.25, 0.3) is 0 Å². The molecule has 0 N–H and O–H groups in total. The number of ether oxygens (including phenoxy) is 1. The van der Waals surface area contributed by atoms with Gasteiger partial charge in [-0.25, -0.2) is 13.2 Å². The van der Waals surface area contributed by atoms with Crippen LogP contribution in [-0.4, -0.2) is 31.3 Å². The van der Waals surface area contributed by atoms with Gasteiger partial charge in [0, 0.05) is 5.57 Å². The van der Waals surface area contributed by atoms with Crippen LogP contribution in [0.4, 0.5) is 0 Å². The highest BCUT2D eigenvalue weighted by Crippen LogP contribution is 2.51. The van der Waals surface area contributed by atoms with Gasteiger partial charge in [0.2, 0.25) is 0 Å². The lowest BCUT2D eigenvalue weighted by Gasteiger charge is -2.34. The van der Waals surface area contributed by atoms with Crippen LogP contribution in [-0.2, 0) is 19.6 Å². The summed E-state index contributed by atoms with van der Waals surface area (Å²) in [5.74, 6) is -1.58. The zero-order valence-electron chi connectivity index (χ0n) is 13.6. The number of fused-ring (bicyclic) bond motifs is 2. The van der Waals surface area contributed by atoms with Crippen molar-refractivity contribution >= 4 is 45.1 Å². The number of hydrogen-bond donors (Lipinski definition) is 0. The Balaban J connectivity index is 1.57. The van der Waals surface area contributed by atoms with Crippen LogP contribution in [0.15, 0.2) is 28.7 Å². The van der Waals surface area contributed by atoms with Crippen molar-refractivity contribution < 1.29 is 22.7 Å². The lowest BCUT2D eigenvalue weighted by Crippen LogP contribution is -2.35. The van der Waals surface area contributed by atoms with Gasteiger partial charge < -0.3 is 4.74 Å². The van der Waals surface area contributed by atoms with Crippen molar-refractivity contribution in [1.29, 1.82) is 0 Å². The van der Waals surface area contributed by atoms with Gasteiger partial charge in [0.1, 0.15) is 0 Å². The van der Waals surface area contributed by atoms with Crippen molar-refractivity contribution in [1.82, 2.24) is 4.31 Å². The summed E-state index contributed by atoms with van der Waals surface area (Å²) in [6.45, 7) is -0.687. The third kappa shape index (κ3) is 2.56. The molecule has 1 fully saturated rings. The number of sulfonamides is 1. The summed E-state index contributed by atoms with van der Waals surface area (Å²) in [5, 5.41) is 0.183. The first-order valence-electron chi connectivity index (χ1n) is 8.24. The number of nitrogens with zero attached hydrogens (tertiary/aromatic N) is 1. The van der Waals surface area contributed by atoms with E-state index in [0.717, 1.165) is 25.7 Å². The summed E-state index contributed by atoms with van der Waals surface area (Å²) >= 11 is 11.9. The molecule has 1 aromatic carbocycles. The summed E-state index contributed by atoms with van der Waals surface area (Å²) in [4.78, 5) is 25.2. The summed E-state index contributed by atoms with van der Waals surface area (Å²) in [6, 6.07) is 4.52. The summed E-state index contributed by atoms with van der Waals surface area (Å²) in [5.41, 5.74) is 0.331. The Hall–Kier alpha value is -1.57. The number of carbonyl (C=O) groups excluding carboxylic acids is 2. The van der Waals surface area contributed by atoms with Crippen molar-refractivity contribution in [2.45, 2.75) is 25.7 Å². The molecule has 0 atom stereocenters. The Kier molecular flexibility index (Phi) is 4.28. The van der Waals surface area contributed by atoms with E-state index in [2.05, 4.69) is 0 Å². The molecular weight excluding hydrogens is 401 g/mol. The van der Waals surface area contributed by atoms with E-state index >= 15 is 0 Å². The van der Waals surface area contributed by atoms with E-state index in [9.17, 15) is 18.0 Å². The van der Waals surface area contributed by atoms with E-state index in [-0.39, 0.29) is 32.3 Å². The molecule has 1 heterocycles. The zero-order valence-corrected chi connectivity index (χ0v) is 15.9. The van der Waals surface area contributed by atoms with E-state index in [4.69, 9.17) is 27.9 Å². The maximum Gasteiger partial charge on any atom is 0.342 e. The molecule has 1 amide bonds. The van der Waals surface area contributed by atoms with Crippen molar-refractivity contribution in [2.75, 3.05) is 6.73 Å². The number of allylic oxidation sites excluding steroid dienone is 1. The van der Waals surface area contributed by atoms with Gasteiger partial charge in [0.05, 0.1) is 20.5 Å². The van der Waals surface area contributed by atoms with Gasteiger partial charge in [0.15, 0.2) is 6.73 Å². The number of benzene rings is 1. The molecule has 0 radical (unpaired) electrons. The Morgan fingerprint density at radius 1 is 1.12 bits per heavy atom. The van der Waals surface area contributed by atoms with Crippen molar-refractivity contribution in [3.05, 3.63) is 44.3 Å². The molecule has 0 unspecified atom stereocenters. The molecule has 2 bridgehead atoms. The van der Waals surface area contributed by atoms with Crippen molar-refractivity contribution in [2.24, 2.45) is 11.8 Å². The minimum atomic E-state index is -3.95. The third-order valence-electron chi connectivity index (χ3n) is 5.28. The number of carbonyl (C=O) groups is 2. The molecule has 6 nitrogen and oxygen atoms in total.